The Morgan fingerprint density at radius 2 is 1.84 bits per heavy atom. The fourth-order valence-corrected chi connectivity index (χ4v) is 4.27. The van der Waals surface area contributed by atoms with Gasteiger partial charge in [0.15, 0.2) is 5.69 Å². The highest BCUT2D eigenvalue weighted by Crippen LogP contribution is 2.27. The van der Waals surface area contributed by atoms with Gasteiger partial charge < -0.3 is 9.64 Å². The van der Waals surface area contributed by atoms with Gasteiger partial charge in [0.05, 0.1) is 18.7 Å². The molecule has 1 fully saturated rings. The minimum atomic E-state index is -0.248. The van der Waals surface area contributed by atoms with Gasteiger partial charge in [-0.3, -0.25) is 9.69 Å². The van der Waals surface area contributed by atoms with E-state index in [0.717, 1.165) is 47.1 Å². The molecule has 0 unspecified atom stereocenters. The molecule has 0 saturated carbocycles. The highest BCUT2D eigenvalue weighted by Gasteiger charge is 2.25. The first-order valence-corrected chi connectivity index (χ1v) is 10.3. The van der Waals surface area contributed by atoms with Gasteiger partial charge in [-0.25, -0.2) is 9.64 Å². The third-order valence-corrected chi connectivity index (χ3v) is 6.01. The minimum Gasteiger partial charge on any atom is -0.457 e. The number of esters is 1. The molecular weight excluding hydrogens is 390 g/mol. The molecule has 2 aliphatic heterocycles. The number of ether oxygens (including phenoxy) is 1. The van der Waals surface area contributed by atoms with Gasteiger partial charge in [0.2, 0.25) is 5.91 Å². The number of carbonyl (C=O) groups is 2. The lowest BCUT2D eigenvalue weighted by Gasteiger charge is -2.34. The molecule has 0 N–H and O–H groups in total. The number of cyclic esters (lactones) is 1. The number of nitrogens with zero attached hydrogens (tertiary/aromatic N) is 3. The summed E-state index contributed by atoms with van der Waals surface area (Å²) in [7, 11) is 0. The molecule has 2 heterocycles. The van der Waals surface area contributed by atoms with Crippen LogP contribution in [0.4, 0.5) is 11.4 Å². The molecule has 2 aliphatic rings. The molecule has 6 nitrogen and oxygen atoms in total. The Balaban J connectivity index is 1.23. The van der Waals surface area contributed by atoms with Gasteiger partial charge in [-0.15, -0.1) is 0 Å². The molecule has 0 radical (unpaired) electrons. The molecule has 3 aromatic rings. The zero-order chi connectivity index (χ0) is 21.4. The Kier molecular flexibility index (Phi) is 4.89. The maximum absolute atomic E-state index is 12.8. The van der Waals surface area contributed by atoms with E-state index in [1.54, 1.807) is 0 Å². The van der Waals surface area contributed by atoms with Crippen LogP contribution >= 0.6 is 0 Å². The molecule has 6 heteroatoms. The first-order chi connectivity index (χ1) is 15.1. The molecule has 31 heavy (non-hydrogen) atoms. The zero-order valence-electron chi connectivity index (χ0n) is 17.0. The Morgan fingerprint density at radius 1 is 0.968 bits per heavy atom. The normalized spacial score (nSPS) is 16.3. The van der Waals surface area contributed by atoms with E-state index in [-0.39, 0.29) is 11.9 Å². The third kappa shape index (κ3) is 3.76. The average molecular weight is 411 g/mol. The summed E-state index contributed by atoms with van der Waals surface area (Å²) in [5, 5.41) is 2.03. The number of anilines is 1. The molecule has 0 bridgehead atoms. The van der Waals surface area contributed by atoms with Crippen molar-refractivity contribution >= 4 is 34.0 Å². The number of rotatable bonds is 4. The van der Waals surface area contributed by atoms with Crippen LogP contribution in [-0.2, 0) is 22.6 Å². The molecule has 0 spiro atoms. The van der Waals surface area contributed by atoms with Crippen LogP contribution in [0.5, 0.6) is 0 Å². The van der Waals surface area contributed by atoms with Crippen LogP contribution < -0.4 is 4.90 Å². The predicted molar refractivity (Wildman–Crippen MR) is 118 cm³/mol. The monoisotopic (exact) mass is 411 g/mol. The highest BCUT2D eigenvalue weighted by atomic mass is 16.5. The van der Waals surface area contributed by atoms with Gasteiger partial charge in [-0.2, -0.15) is 0 Å². The van der Waals surface area contributed by atoms with E-state index >= 15 is 0 Å². The standard InChI is InChI=1S/C25H21N3O3/c1-26-21-5-3-18-4-6-22(14-19(18)13-21)28-11-10-27(15-24(28)29)9-8-17-2-7-23-20(12-17)16-31-25(23)30/h2-7,12-14H,8-11,15-16H2. The highest BCUT2D eigenvalue weighted by molar-refractivity contribution is 5.98. The van der Waals surface area contributed by atoms with E-state index in [9.17, 15) is 9.59 Å². The first-order valence-electron chi connectivity index (χ1n) is 10.3. The van der Waals surface area contributed by atoms with Crippen molar-refractivity contribution in [2.24, 2.45) is 0 Å². The van der Waals surface area contributed by atoms with Crippen LogP contribution in [0.15, 0.2) is 54.6 Å². The summed E-state index contributed by atoms with van der Waals surface area (Å²) < 4.78 is 5.07. The molecule has 0 aliphatic carbocycles. The van der Waals surface area contributed by atoms with Crippen molar-refractivity contribution in [2.75, 3.05) is 31.1 Å². The molecule has 3 aromatic carbocycles. The van der Waals surface area contributed by atoms with Crippen molar-refractivity contribution in [1.29, 1.82) is 0 Å². The van der Waals surface area contributed by atoms with Crippen LogP contribution in [0.25, 0.3) is 15.6 Å². The van der Waals surface area contributed by atoms with Crippen molar-refractivity contribution in [3.05, 3.63) is 82.7 Å². The summed E-state index contributed by atoms with van der Waals surface area (Å²) in [6.07, 6.45) is 0.824. The van der Waals surface area contributed by atoms with Gasteiger partial charge in [0.25, 0.3) is 0 Å². The quantitative estimate of drug-likeness (QED) is 0.482. The second-order valence-corrected chi connectivity index (χ2v) is 7.97. The molecule has 0 aromatic heterocycles. The molecule has 1 amide bonds. The second-order valence-electron chi connectivity index (χ2n) is 7.97. The van der Waals surface area contributed by atoms with Crippen molar-refractivity contribution in [1.82, 2.24) is 4.90 Å². The van der Waals surface area contributed by atoms with E-state index in [4.69, 9.17) is 11.3 Å². The maximum Gasteiger partial charge on any atom is 0.338 e. The van der Waals surface area contributed by atoms with Crippen LogP contribution in [0.2, 0.25) is 0 Å². The predicted octanol–water partition coefficient (Wildman–Crippen LogP) is 3.95. The van der Waals surface area contributed by atoms with Gasteiger partial charge in [0.1, 0.15) is 6.61 Å². The summed E-state index contributed by atoms with van der Waals surface area (Å²) in [4.78, 5) is 31.9. The topological polar surface area (TPSA) is 54.2 Å². The van der Waals surface area contributed by atoms with Gasteiger partial charge >= 0.3 is 5.97 Å². The number of piperazine rings is 1. The van der Waals surface area contributed by atoms with Crippen LogP contribution in [0.3, 0.4) is 0 Å². The number of benzene rings is 3. The Bertz CT molecular complexity index is 1240. The van der Waals surface area contributed by atoms with Crippen LogP contribution in [0, 0.1) is 6.57 Å². The summed E-state index contributed by atoms with van der Waals surface area (Å²) in [6, 6.07) is 17.4. The second kappa shape index (κ2) is 7.86. The number of hydrogen-bond donors (Lipinski definition) is 0. The first kappa shape index (κ1) is 19.3. The lowest BCUT2D eigenvalue weighted by atomic mass is 10.0. The van der Waals surface area contributed by atoms with E-state index < -0.39 is 0 Å². The molecular formula is C25H21N3O3. The van der Waals surface area contributed by atoms with Crippen molar-refractivity contribution in [2.45, 2.75) is 13.0 Å². The SMILES string of the molecule is [C-]#[N+]c1ccc2ccc(N3CCN(CCc4ccc5c(c4)COC5=O)CC3=O)cc2c1. The summed E-state index contributed by atoms with van der Waals surface area (Å²) in [6.45, 7) is 10.2. The maximum atomic E-state index is 12.8. The van der Waals surface area contributed by atoms with E-state index in [0.29, 0.717) is 30.9 Å². The van der Waals surface area contributed by atoms with Gasteiger partial charge in [-0.05, 0) is 47.0 Å². The largest absolute Gasteiger partial charge is 0.457 e. The lowest BCUT2D eigenvalue weighted by Crippen LogP contribution is -2.50. The Labute approximate surface area is 180 Å². The number of hydrogen-bond acceptors (Lipinski definition) is 4. The lowest BCUT2D eigenvalue weighted by molar-refractivity contribution is -0.121. The minimum absolute atomic E-state index is 0.0832. The van der Waals surface area contributed by atoms with Gasteiger partial charge in [0, 0.05) is 30.9 Å². The average Bonchev–Trinajstić information content (AvgIpc) is 3.17. The number of amides is 1. The number of carbonyl (C=O) groups excluding carboxylic acids is 2. The molecule has 1 saturated heterocycles. The fourth-order valence-electron chi connectivity index (χ4n) is 4.27. The molecule has 5 rings (SSSR count). The smallest absolute Gasteiger partial charge is 0.338 e. The van der Waals surface area contributed by atoms with E-state index in [1.807, 2.05) is 59.5 Å². The Morgan fingerprint density at radius 3 is 2.68 bits per heavy atom. The van der Waals surface area contributed by atoms with Crippen molar-refractivity contribution < 1.29 is 14.3 Å². The zero-order valence-corrected chi connectivity index (χ0v) is 17.0. The van der Waals surface area contributed by atoms with E-state index in [1.165, 1.54) is 0 Å². The number of fused-ring (bicyclic) bond motifs is 2. The third-order valence-electron chi connectivity index (χ3n) is 6.01. The van der Waals surface area contributed by atoms with Gasteiger partial charge in [-0.1, -0.05) is 30.3 Å². The van der Waals surface area contributed by atoms with E-state index in [2.05, 4.69) is 9.74 Å². The molecule has 154 valence electrons. The summed E-state index contributed by atoms with van der Waals surface area (Å²) >= 11 is 0. The Hall–Kier alpha value is -3.69. The summed E-state index contributed by atoms with van der Waals surface area (Å²) in [5.74, 6) is -0.165. The summed E-state index contributed by atoms with van der Waals surface area (Å²) in [5.41, 5.74) is 4.23. The van der Waals surface area contributed by atoms with Crippen LogP contribution in [-0.4, -0.2) is 43.0 Å². The molecule has 0 atom stereocenters. The van der Waals surface area contributed by atoms with Crippen LogP contribution in [0.1, 0.15) is 21.5 Å². The van der Waals surface area contributed by atoms with Crippen molar-refractivity contribution in [3.8, 4) is 0 Å². The van der Waals surface area contributed by atoms with Crippen molar-refractivity contribution in [3.63, 3.8) is 0 Å². The fraction of sp³-hybridized carbons (Fsp3) is 0.240.